The Morgan fingerprint density at radius 1 is 0.974 bits per heavy atom. The minimum atomic E-state index is -0.706. The number of methoxy groups -OCH3 is 1. The van der Waals surface area contributed by atoms with Crippen molar-refractivity contribution < 1.29 is 24.2 Å². The number of aromatic nitrogens is 1. The third kappa shape index (κ3) is 5.00. The Morgan fingerprint density at radius 3 is 2.36 bits per heavy atom. The number of likely N-dealkylation sites (tertiary alicyclic amines) is 1. The molecule has 0 radical (unpaired) electrons. The van der Waals surface area contributed by atoms with Crippen molar-refractivity contribution in [1.29, 1.82) is 0 Å². The van der Waals surface area contributed by atoms with Crippen molar-refractivity contribution in [2.75, 3.05) is 20.3 Å². The van der Waals surface area contributed by atoms with E-state index in [1.54, 1.807) is 36.3 Å². The third-order valence-corrected chi connectivity index (χ3v) is 7.28. The van der Waals surface area contributed by atoms with Crippen LogP contribution in [0, 0.1) is 0 Å². The Balaban J connectivity index is 1.53. The van der Waals surface area contributed by atoms with Crippen LogP contribution >= 0.6 is 0 Å². The van der Waals surface area contributed by atoms with E-state index in [1.807, 2.05) is 55.6 Å². The van der Waals surface area contributed by atoms with Gasteiger partial charge in [0.2, 0.25) is 0 Å². The standard InChI is InChI=1S/C32H32N2O5/c1-4-20-6-8-21(9-7-20)29-28(30(35)22-10-12-24(13-11-22)39-5-2)31(36)32(37)34(29)17-16-23-19-33-27-15-14-25(38-3)18-26(23)27/h6-15,18-19,29,33,35H,4-5,16-17H2,1-3H3/t29-/m1/s1. The highest BCUT2D eigenvalue weighted by atomic mass is 16.5. The van der Waals surface area contributed by atoms with E-state index in [0.717, 1.165) is 39.8 Å². The Hall–Kier alpha value is -4.52. The number of aliphatic hydroxyl groups excluding tert-OH is 1. The molecule has 1 aromatic heterocycles. The van der Waals surface area contributed by atoms with Crippen LogP contribution in [0.15, 0.2) is 78.5 Å². The molecule has 2 N–H and O–H groups in total. The summed E-state index contributed by atoms with van der Waals surface area (Å²) >= 11 is 0. The van der Waals surface area contributed by atoms with E-state index < -0.39 is 17.7 Å². The van der Waals surface area contributed by atoms with Crippen molar-refractivity contribution in [3.63, 3.8) is 0 Å². The first kappa shape index (κ1) is 26.1. The van der Waals surface area contributed by atoms with Crippen LogP contribution in [0.2, 0.25) is 0 Å². The zero-order valence-electron chi connectivity index (χ0n) is 22.4. The van der Waals surface area contributed by atoms with Crippen molar-refractivity contribution in [2.45, 2.75) is 32.7 Å². The van der Waals surface area contributed by atoms with Gasteiger partial charge in [-0.1, -0.05) is 31.2 Å². The lowest BCUT2D eigenvalue weighted by atomic mass is 9.94. The number of amides is 1. The SMILES string of the molecule is CCOc1ccc(C(O)=C2C(=O)C(=O)N(CCc3c[nH]c4ccc(OC)cc34)[C@@H]2c2ccc(CC)cc2)cc1. The summed E-state index contributed by atoms with van der Waals surface area (Å²) in [7, 11) is 1.63. The van der Waals surface area contributed by atoms with Gasteiger partial charge in [0.05, 0.1) is 25.3 Å². The molecule has 1 aliphatic rings. The van der Waals surface area contributed by atoms with Crippen LogP contribution in [0.3, 0.4) is 0 Å². The quantitative estimate of drug-likeness (QED) is 0.164. The van der Waals surface area contributed by atoms with Crippen LogP contribution in [0.1, 0.15) is 42.1 Å². The minimum Gasteiger partial charge on any atom is -0.507 e. The number of fused-ring (bicyclic) bond motifs is 1. The Labute approximate surface area is 227 Å². The van der Waals surface area contributed by atoms with Crippen LogP contribution < -0.4 is 9.47 Å². The van der Waals surface area contributed by atoms with Crippen LogP contribution in [0.5, 0.6) is 11.5 Å². The molecule has 1 aliphatic heterocycles. The smallest absolute Gasteiger partial charge is 0.295 e. The van der Waals surface area contributed by atoms with Crippen LogP contribution in [-0.2, 0) is 22.4 Å². The van der Waals surface area contributed by atoms with Gasteiger partial charge in [0.1, 0.15) is 17.3 Å². The normalized spacial score (nSPS) is 16.7. The van der Waals surface area contributed by atoms with E-state index in [4.69, 9.17) is 9.47 Å². The minimum absolute atomic E-state index is 0.0917. The molecule has 0 saturated carbocycles. The summed E-state index contributed by atoms with van der Waals surface area (Å²) in [4.78, 5) is 31.7. The van der Waals surface area contributed by atoms with Crippen molar-refractivity contribution in [3.8, 4) is 11.5 Å². The van der Waals surface area contributed by atoms with Gasteiger partial charge in [0.25, 0.3) is 11.7 Å². The van der Waals surface area contributed by atoms with Gasteiger partial charge in [-0.25, -0.2) is 0 Å². The number of aryl methyl sites for hydroxylation is 1. The molecule has 1 fully saturated rings. The number of carbonyl (C=O) groups excluding carboxylic acids is 2. The summed E-state index contributed by atoms with van der Waals surface area (Å²) in [5.41, 5.74) is 4.45. The lowest BCUT2D eigenvalue weighted by Crippen LogP contribution is -2.31. The molecule has 39 heavy (non-hydrogen) atoms. The molecular weight excluding hydrogens is 492 g/mol. The number of nitrogens with one attached hydrogen (secondary N) is 1. The molecule has 200 valence electrons. The molecule has 7 nitrogen and oxygen atoms in total. The highest BCUT2D eigenvalue weighted by Crippen LogP contribution is 2.40. The van der Waals surface area contributed by atoms with E-state index in [0.29, 0.717) is 30.9 Å². The second-order valence-electron chi connectivity index (χ2n) is 9.52. The van der Waals surface area contributed by atoms with Crippen molar-refractivity contribution in [1.82, 2.24) is 9.88 Å². The number of ketones is 1. The van der Waals surface area contributed by atoms with E-state index in [2.05, 4.69) is 11.9 Å². The number of H-pyrrole nitrogens is 1. The monoisotopic (exact) mass is 524 g/mol. The van der Waals surface area contributed by atoms with Crippen LogP contribution in [0.25, 0.3) is 16.7 Å². The molecule has 1 atom stereocenters. The summed E-state index contributed by atoms with van der Waals surface area (Å²) in [6.45, 7) is 4.79. The van der Waals surface area contributed by atoms with Crippen LogP contribution in [0.4, 0.5) is 0 Å². The molecule has 1 amide bonds. The number of hydrogen-bond donors (Lipinski definition) is 2. The van der Waals surface area contributed by atoms with Crippen molar-refractivity contribution in [3.05, 3.63) is 101 Å². The number of benzene rings is 3. The third-order valence-electron chi connectivity index (χ3n) is 7.28. The highest BCUT2D eigenvalue weighted by Gasteiger charge is 2.45. The second kappa shape index (κ2) is 11.1. The number of ether oxygens (including phenoxy) is 2. The fourth-order valence-electron chi connectivity index (χ4n) is 5.16. The van der Waals surface area contributed by atoms with E-state index in [9.17, 15) is 14.7 Å². The average Bonchev–Trinajstić information content (AvgIpc) is 3.49. The first-order valence-electron chi connectivity index (χ1n) is 13.2. The maximum Gasteiger partial charge on any atom is 0.295 e. The molecule has 0 unspecified atom stereocenters. The van der Waals surface area contributed by atoms with Crippen molar-refractivity contribution >= 4 is 28.4 Å². The number of aromatic amines is 1. The molecule has 0 bridgehead atoms. The van der Waals surface area contributed by atoms with Gasteiger partial charge in [-0.2, -0.15) is 0 Å². The van der Waals surface area contributed by atoms with Gasteiger partial charge < -0.3 is 24.5 Å². The summed E-state index contributed by atoms with van der Waals surface area (Å²) in [5.74, 6) is -0.0944. The molecule has 4 aromatic rings. The first-order valence-corrected chi connectivity index (χ1v) is 13.2. The van der Waals surface area contributed by atoms with Gasteiger partial charge in [-0.05, 0) is 78.9 Å². The predicted octanol–water partition coefficient (Wildman–Crippen LogP) is 5.80. The lowest BCUT2D eigenvalue weighted by Gasteiger charge is -2.25. The summed E-state index contributed by atoms with van der Waals surface area (Å²) in [6.07, 6.45) is 3.31. The molecule has 7 heteroatoms. The molecule has 0 aliphatic carbocycles. The number of carbonyl (C=O) groups is 2. The molecular formula is C32H32N2O5. The number of hydrogen-bond acceptors (Lipinski definition) is 5. The van der Waals surface area contributed by atoms with Gasteiger partial charge in [0.15, 0.2) is 0 Å². The average molecular weight is 525 g/mol. The zero-order valence-corrected chi connectivity index (χ0v) is 22.4. The molecule has 1 saturated heterocycles. The fraction of sp³-hybridized carbons (Fsp3) is 0.250. The summed E-state index contributed by atoms with van der Waals surface area (Å²) in [6, 6.07) is 19.8. The number of Topliss-reactive ketones (excluding diaryl/α,β-unsaturated/α-hetero) is 1. The lowest BCUT2D eigenvalue weighted by molar-refractivity contribution is -0.139. The van der Waals surface area contributed by atoms with Gasteiger partial charge in [0, 0.05) is 29.2 Å². The highest BCUT2D eigenvalue weighted by molar-refractivity contribution is 6.46. The number of rotatable bonds is 9. The fourth-order valence-corrected chi connectivity index (χ4v) is 5.16. The van der Waals surface area contributed by atoms with E-state index >= 15 is 0 Å². The van der Waals surface area contributed by atoms with E-state index in [-0.39, 0.29) is 11.3 Å². The number of nitrogens with zero attached hydrogens (tertiary/aromatic N) is 1. The Kier molecular flexibility index (Phi) is 7.41. The molecule has 3 aromatic carbocycles. The van der Waals surface area contributed by atoms with Gasteiger partial charge >= 0.3 is 0 Å². The summed E-state index contributed by atoms with van der Waals surface area (Å²) < 4.78 is 10.9. The topological polar surface area (TPSA) is 91.9 Å². The van der Waals surface area contributed by atoms with Gasteiger partial charge in [-0.15, -0.1) is 0 Å². The molecule has 0 spiro atoms. The zero-order chi connectivity index (χ0) is 27.5. The Morgan fingerprint density at radius 2 is 1.69 bits per heavy atom. The van der Waals surface area contributed by atoms with Gasteiger partial charge in [-0.3, -0.25) is 9.59 Å². The number of aliphatic hydroxyl groups is 1. The second-order valence-corrected chi connectivity index (χ2v) is 9.52. The predicted molar refractivity (Wildman–Crippen MR) is 151 cm³/mol. The van der Waals surface area contributed by atoms with Crippen LogP contribution in [-0.4, -0.2) is 46.9 Å². The van der Waals surface area contributed by atoms with Crippen molar-refractivity contribution in [2.24, 2.45) is 0 Å². The molecule has 5 rings (SSSR count). The largest absolute Gasteiger partial charge is 0.507 e. The maximum atomic E-state index is 13.4. The first-order chi connectivity index (χ1) is 18.9. The maximum absolute atomic E-state index is 13.4. The van der Waals surface area contributed by atoms with E-state index in [1.165, 1.54) is 0 Å². The Bertz CT molecular complexity index is 1530. The molecule has 2 heterocycles. The summed E-state index contributed by atoms with van der Waals surface area (Å²) in [5, 5.41) is 12.4.